The SMILES string of the molecule is Oc1ccc(C#C[Si]2(c3ccccc3)C(c3ccccc3)=C(c3ccccc3)C(c3ccccc3)=C2c2ccccc2)cc1. The lowest BCUT2D eigenvalue weighted by molar-refractivity contribution is 0.475. The number of hydrogen-bond donors (Lipinski definition) is 1. The molecule has 0 saturated heterocycles. The number of allylic oxidation sites excluding steroid dienone is 2. The molecule has 44 heavy (non-hydrogen) atoms. The average molecular weight is 579 g/mol. The first-order valence-corrected chi connectivity index (χ1v) is 16.8. The van der Waals surface area contributed by atoms with Gasteiger partial charge in [0.05, 0.1) is 0 Å². The predicted octanol–water partition coefficient (Wildman–Crippen LogP) is 8.95. The van der Waals surface area contributed by atoms with Crippen molar-refractivity contribution in [1.29, 1.82) is 0 Å². The van der Waals surface area contributed by atoms with Gasteiger partial charge in [-0.3, -0.25) is 0 Å². The lowest BCUT2D eigenvalue weighted by atomic mass is 9.89. The number of phenolic OH excluding ortho intramolecular Hbond substituents is 1. The van der Waals surface area contributed by atoms with E-state index in [0.717, 1.165) is 5.56 Å². The molecule has 0 saturated carbocycles. The van der Waals surface area contributed by atoms with E-state index in [2.05, 4.69) is 163 Å². The molecule has 208 valence electrons. The highest BCUT2D eigenvalue weighted by Crippen LogP contribution is 2.55. The molecule has 0 radical (unpaired) electrons. The molecule has 7 rings (SSSR count). The summed E-state index contributed by atoms with van der Waals surface area (Å²) in [7, 11) is -3.10. The molecule has 0 unspecified atom stereocenters. The molecule has 0 aromatic heterocycles. The molecule has 1 nitrogen and oxygen atoms in total. The smallest absolute Gasteiger partial charge is 0.232 e. The van der Waals surface area contributed by atoms with E-state index in [1.807, 2.05) is 12.1 Å². The summed E-state index contributed by atoms with van der Waals surface area (Å²) >= 11 is 0. The van der Waals surface area contributed by atoms with Crippen molar-refractivity contribution < 1.29 is 5.11 Å². The van der Waals surface area contributed by atoms with Gasteiger partial charge in [-0.2, -0.15) is 0 Å². The van der Waals surface area contributed by atoms with Crippen LogP contribution in [0.5, 0.6) is 5.75 Å². The third-order valence-corrected chi connectivity index (χ3v) is 12.5. The van der Waals surface area contributed by atoms with Gasteiger partial charge >= 0.3 is 0 Å². The van der Waals surface area contributed by atoms with E-state index >= 15 is 0 Å². The fourth-order valence-corrected chi connectivity index (χ4v) is 11.1. The van der Waals surface area contributed by atoms with Gasteiger partial charge in [-0.05, 0) is 73.2 Å². The van der Waals surface area contributed by atoms with Gasteiger partial charge < -0.3 is 5.11 Å². The van der Waals surface area contributed by atoms with Crippen LogP contribution in [-0.4, -0.2) is 13.2 Å². The number of hydrogen-bond acceptors (Lipinski definition) is 1. The predicted molar refractivity (Wildman–Crippen MR) is 186 cm³/mol. The van der Waals surface area contributed by atoms with Crippen LogP contribution >= 0.6 is 0 Å². The Balaban J connectivity index is 1.72. The molecule has 6 aromatic rings. The zero-order valence-corrected chi connectivity index (χ0v) is 25.2. The van der Waals surface area contributed by atoms with Crippen LogP contribution < -0.4 is 5.19 Å². The van der Waals surface area contributed by atoms with Crippen molar-refractivity contribution in [2.45, 2.75) is 0 Å². The Kier molecular flexibility index (Phi) is 7.38. The van der Waals surface area contributed by atoms with Crippen LogP contribution in [0.15, 0.2) is 176 Å². The molecule has 1 heterocycles. The maximum Gasteiger partial charge on any atom is 0.232 e. The molecule has 0 atom stereocenters. The van der Waals surface area contributed by atoms with Gasteiger partial charge in [0.15, 0.2) is 0 Å². The minimum Gasteiger partial charge on any atom is -0.508 e. The highest BCUT2D eigenvalue weighted by Gasteiger charge is 2.51. The lowest BCUT2D eigenvalue weighted by Gasteiger charge is -2.30. The Morgan fingerprint density at radius 2 is 0.750 bits per heavy atom. The molecule has 1 N–H and O–H groups in total. The number of rotatable bonds is 5. The Morgan fingerprint density at radius 1 is 0.386 bits per heavy atom. The third kappa shape index (κ3) is 4.90. The zero-order chi connectivity index (χ0) is 29.8. The van der Waals surface area contributed by atoms with Gasteiger partial charge in [-0.15, -0.1) is 5.54 Å². The minimum atomic E-state index is -3.10. The van der Waals surface area contributed by atoms with Gasteiger partial charge in [0, 0.05) is 5.56 Å². The molecule has 0 bridgehead atoms. The fourth-order valence-electron chi connectivity index (χ4n) is 6.35. The van der Waals surface area contributed by atoms with E-state index in [1.54, 1.807) is 12.1 Å². The van der Waals surface area contributed by atoms with Crippen LogP contribution in [0.4, 0.5) is 0 Å². The quantitative estimate of drug-likeness (QED) is 0.160. The summed E-state index contributed by atoms with van der Waals surface area (Å²) in [5.74, 6) is 3.86. The Hall–Kier alpha value is -5.62. The third-order valence-electron chi connectivity index (χ3n) is 8.22. The highest BCUT2D eigenvalue weighted by atomic mass is 28.3. The second-order valence-electron chi connectivity index (χ2n) is 10.9. The van der Waals surface area contributed by atoms with Gasteiger partial charge in [0.2, 0.25) is 8.07 Å². The van der Waals surface area contributed by atoms with E-state index in [-0.39, 0.29) is 5.75 Å². The Bertz CT molecular complexity index is 1920. The van der Waals surface area contributed by atoms with Crippen LogP contribution in [0.2, 0.25) is 0 Å². The largest absolute Gasteiger partial charge is 0.508 e. The first kappa shape index (κ1) is 27.2. The van der Waals surface area contributed by atoms with Crippen LogP contribution in [0.1, 0.15) is 27.8 Å². The average Bonchev–Trinajstić information content (AvgIpc) is 3.42. The van der Waals surface area contributed by atoms with Crippen molar-refractivity contribution >= 4 is 34.8 Å². The van der Waals surface area contributed by atoms with Crippen LogP contribution in [0, 0.1) is 11.5 Å². The molecule has 1 aliphatic rings. The molecule has 6 aromatic carbocycles. The monoisotopic (exact) mass is 578 g/mol. The molecule has 1 aliphatic heterocycles. The summed E-state index contributed by atoms with van der Waals surface area (Å²) < 4.78 is 0. The second kappa shape index (κ2) is 11.9. The van der Waals surface area contributed by atoms with Crippen LogP contribution in [0.3, 0.4) is 0 Å². The summed E-state index contributed by atoms with van der Waals surface area (Å²) in [6, 6.07) is 61.3. The van der Waals surface area contributed by atoms with Gasteiger partial charge in [0.25, 0.3) is 0 Å². The van der Waals surface area contributed by atoms with E-state index in [9.17, 15) is 5.11 Å². The van der Waals surface area contributed by atoms with Gasteiger partial charge in [0.1, 0.15) is 5.75 Å². The maximum atomic E-state index is 10.0. The minimum absolute atomic E-state index is 0.235. The highest BCUT2D eigenvalue weighted by molar-refractivity contribution is 7.26. The van der Waals surface area contributed by atoms with Crippen molar-refractivity contribution in [3.05, 3.63) is 204 Å². The molecular weight excluding hydrogens is 549 g/mol. The van der Waals surface area contributed by atoms with Crippen molar-refractivity contribution in [2.75, 3.05) is 0 Å². The first-order valence-electron chi connectivity index (χ1n) is 14.8. The zero-order valence-electron chi connectivity index (χ0n) is 24.2. The summed E-state index contributed by atoms with van der Waals surface area (Å²) in [6.45, 7) is 0. The van der Waals surface area contributed by atoms with Crippen LogP contribution in [0.25, 0.3) is 21.5 Å². The van der Waals surface area contributed by atoms with E-state index < -0.39 is 8.07 Å². The number of phenols is 1. The molecule has 2 heteroatoms. The number of aromatic hydroxyl groups is 1. The molecular formula is C42H30OSi. The lowest BCUT2D eigenvalue weighted by Crippen LogP contribution is -2.49. The second-order valence-corrected chi connectivity index (χ2v) is 14.2. The maximum absolute atomic E-state index is 10.0. The summed E-state index contributed by atoms with van der Waals surface area (Å²) in [6.07, 6.45) is 0. The molecule has 0 aliphatic carbocycles. The van der Waals surface area contributed by atoms with E-state index in [0.29, 0.717) is 0 Å². The van der Waals surface area contributed by atoms with E-state index in [4.69, 9.17) is 0 Å². The summed E-state index contributed by atoms with van der Waals surface area (Å²) in [4.78, 5) is 0. The standard InChI is InChI=1S/C42H30OSi/c43-37-28-26-32(27-29-37)30-31-44(38-24-14-5-15-25-38)41(35-20-10-3-11-21-35)39(33-16-6-1-7-17-33)40(34-18-8-2-9-19-34)42(44)36-22-12-4-13-23-36/h1-29,43H. The normalized spacial score (nSPS) is 13.8. The van der Waals surface area contributed by atoms with Gasteiger partial charge in [-0.1, -0.05) is 158 Å². The summed E-state index contributed by atoms with van der Waals surface area (Å²) in [5.41, 5.74) is 12.1. The van der Waals surface area contributed by atoms with E-state index in [1.165, 1.54) is 49.0 Å². The van der Waals surface area contributed by atoms with Crippen molar-refractivity contribution in [3.63, 3.8) is 0 Å². The van der Waals surface area contributed by atoms with Crippen LogP contribution in [-0.2, 0) is 0 Å². The fraction of sp³-hybridized carbons (Fsp3) is 0. The molecule has 0 amide bonds. The van der Waals surface area contributed by atoms with Crippen molar-refractivity contribution in [1.82, 2.24) is 0 Å². The topological polar surface area (TPSA) is 20.2 Å². The van der Waals surface area contributed by atoms with Crippen molar-refractivity contribution in [2.24, 2.45) is 0 Å². The van der Waals surface area contributed by atoms with Crippen molar-refractivity contribution in [3.8, 4) is 17.2 Å². The van der Waals surface area contributed by atoms with Gasteiger partial charge in [-0.25, -0.2) is 0 Å². The number of benzene rings is 6. The first-order chi connectivity index (χ1) is 21.8. The summed E-state index contributed by atoms with van der Waals surface area (Å²) in [5, 5.41) is 13.8. The molecule has 0 spiro atoms. The Morgan fingerprint density at radius 3 is 1.16 bits per heavy atom. The Labute approximate surface area is 260 Å². The molecule has 0 fully saturated rings.